The first-order chi connectivity index (χ1) is 12.3. The zero-order valence-electron chi connectivity index (χ0n) is 14.8. The van der Waals surface area contributed by atoms with Crippen molar-refractivity contribution in [1.82, 2.24) is 10.2 Å². The Kier molecular flexibility index (Phi) is 6.17. The van der Waals surface area contributed by atoms with E-state index in [1.165, 1.54) is 12.0 Å². The summed E-state index contributed by atoms with van der Waals surface area (Å²) in [6.07, 6.45) is 2.33. The van der Waals surface area contributed by atoms with Gasteiger partial charge >= 0.3 is 0 Å². The first-order valence-corrected chi connectivity index (χ1v) is 9.09. The molecule has 0 radical (unpaired) electrons. The summed E-state index contributed by atoms with van der Waals surface area (Å²) in [5.74, 6) is 1.69. The molecule has 4 rings (SSSR count). The van der Waals surface area contributed by atoms with Crippen molar-refractivity contribution in [3.05, 3.63) is 65.2 Å². The van der Waals surface area contributed by atoms with E-state index in [0.29, 0.717) is 19.7 Å². The fourth-order valence-corrected chi connectivity index (χ4v) is 3.69. The largest absolute Gasteiger partial charge is 0.491 e. The molecule has 1 unspecified atom stereocenters. The maximum absolute atomic E-state index is 12.9. The molecule has 0 aliphatic carbocycles. The number of halogens is 1. The molecule has 0 aromatic heterocycles. The van der Waals surface area contributed by atoms with Gasteiger partial charge in [-0.25, -0.2) is 0 Å². The van der Waals surface area contributed by atoms with Crippen LogP contribution in [0.1, 0.15) is 27.9 Å². The van der Waals surface area contributed by atoms with Gasteiger partial charge in [0.25, 0.3) is 5.91 Å². The Labute approximate surface area is 160 Å². The van der Waals surface area contributed by atoms with Gasteiger partial charge in [-0.05, 0) is 55.6 Å². The molecule has 0 saturated carbocycles. The molecule has 2 aliphatic heterocycles. The van der Waals surface area contributed by atoms with Crippen LogP contribution < -0.4 is 10.1 Å². The lowest BCUT2D eigenvalue weighted by Gasteiger charge is -2.20. The van der Waals surface area contributed by atoms with Crippen molar-refractivity contribution in [2.75, 3.05) is 26.2 Å². The molecule has 5 heteroatoms. The number of nitrogens with zero attached hydrogens (tertiary/aromatic N) is 1. The van der Waals surface area contributed by atoms with Crippen LogP contribution in [0.5, 0.6) is 5.75 Å². The number of ether oxygens (including phenoxy) is 1. The van der Waals surface area contributed by atoms with Crippen molar-refractivity contribution in [3.63, 3.8) is 0 Å². The minimum absolute atomic E-state index is 0. The summed E-state index contributed by atoms with van der Waals surface area (Å²) in [4.78, 5) is 14.8. The Bertz CT molecular complexity index is 742. The fourth-order valence-electron chi connectivity index (χ4n) is 3.69. The van der Waals surface area contributed by atoms with E-state index in [9.17, 15) is 4.79 Å². The third kappa shape index (κ3) is 4.19. The van der Waals surface area contributed by atoms with E-state index in [1.807, 2.05) is 41.3 Å². The summed E-state index contributed by atoms with van der Waals surface area (Å²) in [5.41, 5.74) is 3.14. The Morgan fingerprint density at radius 3 is 2.73 bits per heavy atom. The summed E-state index contributed by atoms with van der Waals surface area (Å²) >= 11 is 0. The summed E-state index contributed by atoms with van der Waals surface area (Å²) < 4.78 is 5.76. The van der Waals surface area contributed by atoms with E-state index in [4.69, 9.17) is 4.74 Å². The first-order valence-electron chi connectivity index (χ1n) is 9.09. The maximum Gasteiger partial charge on any atom is 0.254 e. The normalized spacial score (nSPS) is 19.1. The predicted molar refractivity (Wildman–Crippen MR) is 105 cm³/mol. The van der Waals surface area contributed by atoms with Crippen LogP contribution in [0.4, 0.5) is 0 Å². The summed E-state index contributed by atoms with van der Waals surface area (Å²) in [6, 6.07) is 16.1. The Balaban J connectivity index is 0.00000196. The molecule has 2 aromatic carbocycles. The number of para-hydroxylation sites is 1. The molecule has 138 valence electrons. The first kappa shape index (κ1) is 18.7. The lowest BCUT2D eigenvalue weighted by molar-refractivity contribution is 0.0733. The molecular formula is C21H25ClN2O2. The van der Waals surface area contributed by atoms with Gasteiger partial charge in [-0.1, -0.05) is 30.3 Å². The molecule has 4 nitrogen and oxygen atoms in total. The Hall–Kier alpha value is -2.04. The average Bonchev–Trinajstić information content (AvgIpc) is 3.05. The van der Waals surface area contributed by atoms with Gasteiger partial charge in [-0.15, -0.1) is 12.4 Å². The highest BCUT2D eigenvalue weighted by Gasteiger charge is 2.21. The number of nitrogens with one attached hydrogen (secondary N) is 1. The zero-order valence-corrected chi connectivity index (χ0v) is 15.6. The van der Waals surface area contributed by atoms with Crippen LogP contribution in [0.15, 0.2) is 48.5 Å². The summed E-state index contributed by atoms with van der Waals surface area (Å²) in [6.45, 7) is 3.98. The highest BCUT2D eigenvalue weighted by Crippen LogP contribution is 2.23. The molecule has 0 bridgehead atoms. The molecule has 1 amide bonds. The number of carbonyl (C=O) groups is 1. The molecule has 1 atom stereocenters. The molecule has 26 heavy (non-hydrogen) atoms. The Morgan fingerprint density at radius 1 is 1.15 bits per heavy atom. The molecule has 2 aromatic rings. The SMILES string of the molecule is Cl.O=C(c1ccc(CC2CCNC2)cc1)N1CCOc2ccccc2C1. The Morgan fingerprint density at radius 2 is 1.96 bits per heavy atom. The van der Waals surface area contributed by atoms with E-state index in [1.54, 1.807) is 0 Å². The number of amides is 1. The number of rotatable bonds is 3. The molecule has 2 aliphatic rings. The molecule has 1 saturated heterocycles. The summed E-state index contributed by atoms with van der Waals surface area (Å²) in [7, 11) is 0. The van der Waals surface area contributed by atoms with Crippen molar-refractivity contribution < 1.29 is 9.53 Å². The van der Waals surface area contributed by atoms with Crippen LogP contribution in [0.25, 0.3) is 0 Å². The smallest absolute Gasteiger partial charge is 0.254 e. The van der Waals surface area contributed by atoms with Crippen molar-refractivity contribution in [2.45, 2.75) is 19.4 Å². The van der Waals surface area contributed by atoms with Crippen LogP contribution in [0, 0.1) is 5.92 Å². The maximum atomic E-state index is 12.9. The molecule has 1 N–H and O–H groups in total. The minimum atomic E-state index is 0. The van der Waals surface area contributed by atoms with Crippen molar-refractivity contribution in [2.24, 2.45) is 5.92 Å². The average molecular weight is 373 g/mol. The highest BCUT2D eigenvalue weighted by molar-refractivity contribution is 5.94. The van der Waals surface area contributed by atoms with E-state index in [0.717, 1.165) is 42.3 Å². The number of benzene rings is 2. The van der Waals surface area contributed by atoms with Crippen LogP contribution >= 0.6 is 12.4 Å². The van der Waals surface area contributed by atoms with Crippen LogP contribution in [0.2, 0.25) is 0 Å². The van der Waals surface area contributed by atoms with Gasteiger partial charge in [0.15, 0.2) is 0 Å². The second-order valence-electron chi connectivity index (χ2n) is 6.94. The fraction of sp³-hybridized carbons (Fsp3) is 0.381. The van der Waals surface area contributed by atoms with Gasteiger partial charge in [0.2, 0.25) is 0 Å². The van der Waals surface area contributed by atoms with Gasteiger partial charge in [0.1, 0.15) is 12.4 Å². The third-order valence-corrected chi connectivity index (χ3v) is 5.13. The number of hydrogen-bond acceptors (Lipinski definition) is 3. The van der Waals surface area contributed by atoms with E-state index in [2.05, 4.69) is 17.4 Å². The second-order valence-corrected chi connectivity index (χ2v) is 6.94. The lowest BCUT2D eigenvalue weighted by atomic mass is 9.98. The van der Waals surface area contributed by atoms with Crippen LogP contribution in [0.3, 0.4) is 0 Å². The van der Waals surface area contributed by atoms with E-state index in [-0.39, 0.29) is 18.3 Å². The quantitative estimate of drug-likeness (QED) is 0.898. The van der Waals surface area contributed by atoms with Gasteiger partial charge in [0.05, 0.1) is 6.54 Å². The molecule has 1 fully saturated rings. The van der Waals surface area contributed by atoms with Crippen LogP contribution in [-0.4, -0.2) is 37.0 Å². The summed E-state index contributed by atoms with van der Waals surface area (Å²) in [5, 5.41) is 3.41. The minimum Gasteiger partial charge on any atom is -0.491 e. The van der Waals surface area contributed by atoms with Gasteiger partial charge < -0.3 is 15.0 Å². The molecular weight excluding hydrogens is 348 g/mol. The topological polar surface area (TPSA) is 41.6 Å². The van der Waals surface area contributed by atoms with Crippen LogP contribution in [-0.2, 0) is 13.0 Å². The zero-order chi connectivity index (χ0) is 17.1. The second kappa shape index (κ2) is 8.56. The van der Waals surface area contributed by atoms with Gasteiger partial charge in [-0.2, -0.15) is 0 Å². The number of carbonyl (C=O) groups excluding carboxylic acids is 1. The van der Waals surface area contributed by atoms with Crippen molar-refractivity contribution >= 4 is 18.3 Å². The van der Waals surface area contributed by atoms with Gasteiger partial charge in [-0.3, -0.25) is 4.79 Å². The molecule has 2 heterocycles. The standard InChI is InChI=1S/C21H24N2O2.ClH/c24-21(23-11-12-25-20-4-2-1-3-19(20)15-23)18-7-5-16(6-8-18)13-17-9-10-22-14-17;/h1-8,17,22H,9-15H2;1H. The predicted octanol–water partition coefficient (Wildman–Crippen LogP) is 3.30. The third-order valence-electron chi connectivity index (χ3n) is 5.13. The van der Waals surface area contributed by atoms with Crippen molar-refractivity contribution in [1.29, 1.82) is 0 Å². The highest BCUT2D eigenvalue weighted by atomic mass is 35.5. The van der Waals surface area contributed by atoms with E-state index < -0.39 is 0 Å². The van der Waals surface area contributed by atoms with Crippen molar-refractivity contribution in [3.8, 4) is 5.75 Å². The van der Waals surface area contributed by atoms with Gasteiger partial charge in [0, 0.05) is 17.7 Å². The number of fused-ring (bicyclic) bond motifs is 1. The van der Waals surface area contributed by atoms with E-state index >= 15 is 0 Å². The number of hydrogen-bond donors (Lipinski definition) is 1. The monoisotopic (exact) mass is 372 g/mol. The molecule has 0 spiro atoms. The lowest BCUT2D eigenvalue weighted by Crippen LogP contribution is -2.32.